The fourth-order valence-corrected chi connectivity index (χ4v) is 3.39. The van der Waals surface area contributed by atoms with Crippen LogP contribution in [0.2, 0.25) is 0 Å². The lowest BCUT2D eigenvalue weighted by Crippen LogP contribution is -2.32. The predicted molar refractivity (Wildman–Crippen MR) is 86.6 cm³/mol. The Balaban J connectivity index is 2.04. The molecule has 1 aliphatic rings. The number of hydrogen-bond acceptors (Lipinski definition) is 2. The number of carbonyl (C=O) groups excluding carboxylic acids is 1. The van der Waals surface area contributed by atoms with E-state index in [0.717, 1.165) is 37.2 Å². The second-order valence-corrected chi connectivity index (χ2v) is 8.22. The molecule has 1 aromatic rings. The molecule has 0 unspecified atom stereocenters. The van der Waals surface area contributed by atoms with E-state index in [0.29, 0.717) is 0 Å². The number of anilines is 1. The van der Waals surface area contributed by atoms with Crippen LogP contribution in [0, 0.1) is 6.92 Å². The molecule has 20 heavy (non-hydrogen) atoms. The molecule has 2 rings (SSSR count). The van der Waals surface area contributed by atoms with Crippen molar-refractivity contribution in [1.82, 2.24) is 4.90 Å². The van der Waals surface area contributed by atoms with Gasteiger partial charge in [0.05, 0.1) is 0 Å². The highest BCUT2D eigenvalue weighted by molar-refractivity contribution is 8.00. The van der Waals surface area contributed by atoms with Crippen LogP contribution in [-0.2, 0) is 0 Å². The maximum absolute atomic E-state index is 12.1. The zero-order valence-corrected chi connectivity index (χ0v) is 13.6. The number of rotatable bonds is 2. The molecule has 0 saturated carbocycles. The Bertz CT molecular complexity index is 488. The maximum atomic E-state index is 12.1. The first-order chi connectivity index (χ1) is 9.35. The molecule has 0 aromatic heterocycles. The Morgan fingerprint density at radius 3 is 2.45 bits per heavy atom. The summed E-state index contributed by atoms with van der Waals surface area (Å²) in [5.74, 6) is 0. The summed E-state index contributed by atoms with van der Waals surface area (Å²) >= 11 is 1.84. The summed E-state index contributed by atoms with van der Waals surface area (Å²) in [5, 5.41) is 3.02. The molecular weight excluding hydrogens is 268 g/mol. The van der Waals surface area contributed by atoms with Gasteiger partial charge < -0.3 is 10.2 Å². The van der Waals surface area contributed by atoms with Gasteiger partial charge in [0.25, 0.3) is 0 Å². The summed E-state index contributed by atoms with van der Waals surface area (Å²) in [5.41, 5.74) is 2.03. The van der Waals surface area contributed by atoms with Crippen LogP contribution in [-0.4, -0.2) is 28.8 Å². The Morgan fingerprint density at radius 1 is 1.25 bits per heavy atom. The summed E-state index contributed by atoms with van der Waals surface area (Å²) in [7, 11) is 0. The molecule has 0 radical (unpaired) electrons. The van der Waals surface area contributed by atoms with Crippen molar-refractivity contribution in [1.29, 1.82) is 0 Å². The van der Waals surface area contributed by atoms with Gasteiger partial charge in [-0.05, 0) is 43.5 Å². The minimum Gasteiger partial charge on any atom is -0.325 e. The van der Waals surface area contributed by atoms with E-state index in [1.54, 1.807) is 0 Å². The minimum atomic E-state index is 0.0295. The molecule has 0 aliphatic carbocycles. The smallest absolute Gasteiger partial charge is 0.321 e. The summed E-state index contributed by atoms with van der Waals surface area (Å²) in [6.45, 7) is 10.4. The van der Waals surface area contributed by atoms with Crippen LogP contribution in [0.1, 0.15) is 39.2 Å². The van der Waals surface area contributed by atoms with E-state index in [1.807, 2.05) is 29.7 Å². The number of benzene rings is 1. The molecule has 1 saturated heterocycles. The third kappa shape index (κ3) is 4.17. The summed E-state index contributed by atoms with van der Waals surface area (Å²) in [6.07, 6.45) is 2.24. The van der Waals surface area contributed by atoms with Crippen molar-refractivity contribution in [3.63, 3.8) is 0 Å². The van der Waals surface area contributed by atoms with E-state index in [4.69, 9.17) is 0 Å². The molecule has 1 fully saturated rings. The van der Waals surface area contributed by atoms with Gasteiger partial charge >= 0.3 is 6.03 Å². The van der Waals surface area contributed by atoms with Crippen molar-refractivity contribution in [3.05, 3.63) is 23.8 Å². The summed E-state index contributed by atoms with van der Waals surface area (Å²) in [6, 6.07) is 6.27. The normalized spacial score (nSPS) is 15.5. The molecular formula is C16H24N2OS. The fraction of sp³-hybridized carbons (Fsp3) is 0.562. The van der Waals surface area contributed by atoms with Crippen molar-refractivity contribution in [2.24, 2.45) is 0 Å². The zero-order chi connectivity index (χ0) is 14.8. The van der Waals surface area contributed by atoms with Crippen molar-refractivity contribution < 1.29 is 4.79 Å². The number of carbonyl (C=O) groups is 1. The first-order valence-corrected chi connectivity index (χ1v) is 8.02. The summed E-state index contributed by atoms with van der Waals surface area (Å²) in [4.78, 5) is 15.2. The lowest BCUT2D eigenvalue weighted by atomic mass is 10.2. The Hall–Kier alpha value is -1.16. The van der Waals surface area contributed by atoms with E-state index in [1.165, 1.54) is 4.90 Å². The fourth-order valence-electron chi connectivity index (χ4n) is 2.31. The predicted octanol–water partition coefficient (Wildman–Crippen LogP) is 4.51. The van der Waals surface area contributed by atoms with E-state index in [-0.39, 0.29) is 10.8 Å². The van der Waals surface area contributed by atoms with Gasteiger partial charge in [0.1, 0.15) is 0 Å². The van der Waals surface area contributed by atoms with E-state index in [9.17, 15) is 4.79 Å². The van der Waals surface area contributed by atoms with Crippen molar-refractivity contribution in [2.75, 3.05) is 18.4 Å². The number of hydrogen-bond donors (Lipinski definition) is 1. The molecule has 3 nitrogen and oxygen atoms in total. The number of nitrogens with zero attached hydrogens (tertiary/aromatic N) is 1. The van der Waals surface area contributed by atoms with Gasteiger partial charge in [0.15, 0.2) is 0 Å². The number of aryl methyl sites for hydroxylation is 1. The molecule has 2 amide bonds. The van der Waals surface area contributed by atoms with Crippen LogP contribution in [0.3, 0.4) is 0 Å². The monoisotopic (exact) mass is 292 g/mol. The zero-order valence-electron chi connectivity index (χ0n) is 12.8. The lowest BCUT2D eigenvalue weighted by molar-refractivity contribution is 0.222. The summed E-state index contributed by atoms with van der Waals surface area (Å²) < 4.78 is 0.201. The highest BCUT2D eigenvalue weighted by Crippen LogP contribution is 2.33. The molecule has 0 spiro atoms. The van der Waals surface area contributed by atoms with Crippen LogP contribution in [0.15, 0.2) is 23.1 Å². The van der Waals surface area contributed by atoms with Crippen LogP contribution in [0.4, 0.5) is 10.5 Å². The van der Waals surface area contributed by atoms with Crippen molar-refractivity contribution >= 4 is 23.5 Å². The second-order valence-electron chi connectivity index (χ2n) is 6.32. The first-order valence-electron chi connectivity index (χ1n) is 7.21. The quantitative estimate of drug-likeness (QED) is 0.813. The SMILES string of the molecule is Cc1cc(SC(C)(C)C)ccc1NC(=O)N1CCCC1. The number of thioether (sulfide) groups is 1. The van der Waals surface area contributed by atoms with Gasteiger partial charge in [0, 0.05) is 28.4 Å². The molecule has 110 valence electrons. The number of nitrogens with one attached hydrogen (secondary N) is 1. The lowest BCUT2D eigenvalue weighted by Gasteiger charge is -2.20. The van der Waals surface area contributed by atoms with Gasteiger partial charge in [-0.3, -0.25) is 0 Å². The minimum absolute atomic E-state index is 0.0295. The number of urea groups is 1. The average molecular weight is 292 g/mol. The van der Waals surface area contributed by atoms with Gasteiger partial charge in [-0.1, -0.05) is 20.8 Å². The van der Waals surface area contributed by atoms with E-state index in [2.05, 4.69) is 38.2 Å². The second kappa shape index (κ2) is 6.08. The third-order valence-corrected chi connectivity index (χ3v) is 4.36. The molecule has 0 atom stereocenters. The van der Waals surface area contributed by atoms with Gasteiger partial charge in [-0.15, -0.1) is 11.8 Å². The topological polar surface area (TPSA) is 32.3 Å². The van der Waals surface area contributed by atoms with Crippen LogP contribution in [0.25, 0.3) is 0 Å². The molecule has 1 heterocycles. The highest BCUT2D eigenvalue weighted by atomic mass is 32.2. The maximum Gasteiger partial charge on any atom is 0.321 e. The number of amides is 2. The highest BCUT2D eigenvalue weighted by Gasteiger charge is 2.18. The van der Waals surface area contributed by atoms with Crippen LogP contribution >= 0.6 is 11.8 Å². The van der Waals surface area contributed by atoms with Crippen molar-refractivity contribution in [2.45, 2.75) is 50.2 Å². The van der Waals surface area contributed by atoms with E-state index >= 15 is 0 Å². The number of likely N-dealkylation sites (tertiary alicyclic amines) is 1. The molecule has 4 heteroatoms. The Morgan fingerprint density at radius 2 is 1.90 bits per heavy atom. The Kier molecular flexibility index (Phi) is 4.63. The van der Waals surface area contributed by atoms with E-state index < -0.39 is 0 Å². The first kappa shape index (κ1) is 15.2. The van der Waals surface area contributed by atoms with Crippen LogP contribution < -0.4 is 5.32 Å². The molecule has 1 N–H and O–H groups in total. The van der Waals surface area contributed by atoms with Gasteiger partial charge in [0.2, 0.25) is 0 Å². The van der Waals surface area contributed by atoms with Gasteiger partial charge in [-0.25, -0.2) is 4.79 Å². The molecule has 1 aromatic carbocycles. The van der Waals surface area contributed by atoms with Crippen molar-refractivity contribution in [3.8, 4) is 0 Å². The Labute approximate surface area is 126 Å². The van der Waals surface area contributed by atoms with Gasteiger partial charge in [-0.2, -0.15) is 0 Å². The molecule has 1 aliphatic heterocycles. The molecule has 0 bridgehead atoms. The van der Waals surface area contributed by atoms with Crippen LogP contribution in [0.5, 0.6) is 0 Å². The standard InChI is InChI=1S/C16H24N2OS/c1-12-11-13(20-16(2,3)4)7-8-14(12)17-15(19)18-9-5-6-10-18/h7-8,11H,5-6,9-10H2,1-4H3,(H,17,19). The average Bonchev–Trinajstić information content (AvgIpc) is 2.84. The largest absolute Gasteiger partial charge is 0.325 e. The third-order valence-electron chi connectivity index (χ3n) is 3.26.